The fourth-order valence-electron chi connectivity index (χ4n) is 2.52. The third kappa shape index (κ3) is 3.00. The van der Waals surface area contributed by atoms with Crippen molar-refractivity contribution in [3.63, 3.8) is 0 Å². The molecule has 1 aromatic carbocycles. The van der Waals surface area contributed by atoms with Gasteiger partial charge in [0.25, 0.3) is 5.91 Å². The van der Waals surface area contributed by atoms with Crippen molar-refractivity contribution >= 4 is 45.7 Å². The highest BCUT2D eigenvalue weighted by Crippen LogP contribution is 2.25. The van der Waals surface area contributed by atoms with E-state index in [1.165, 1.54) is 17.7 Å². The number of hydrogen-bond acceptors (Lipinski definition) is 6. The minimum Gasteiger partial charge on any atom is -0.281 e. The topological polar surface area (TPSA) is 84.7 Å². The Hall–Kier alpha value is -2.97. The maximum atomic E-state index is 12.1. The van der Waals surface area contributed by atoms with Crippen molar-refractivity contribution in [3.05, 3.63) is 63.7 Å². The van der Waals surface area contributed by atoms with Crippen LogP contribution in [-0.2, 0) is 0 Å². The molecule has 7 nitrogen and oxygen atoms in total. The third-order valence-corrected chi connectivity index (χ3v) is 4.91. The molecule has 130 valence electrons. The smallest absolute Gasteiger partial charge is 0.279 e. The van der Waals surface area contributed by atoms with Crippen molar-refractivity contribution in [2.45, 2.75) is 6.92 Å². The number of carbonyl (C=O) groups excluding carboxylic acids is 1. The second-order valence-electron chi connectivity index (χ2n) is 5.50. The van der Waals surface area contributed by atoms with Crippen molar-refractivity contribution < 1.29 is 4.79 Å². The molecular weight excluding hydrogens is 372 g/mol. The van der Waals surface area contributed by atoms with Gasteiger partial charge in [0.05, 0.1) is 22.1 Å². The van der Waals surface area contributed by atoms with Crippen LogP contribution in [0.3, 0.4) is 0 Å². The Kier molecular flexibility index (Phi) is 4.27. The second kappa shape index (κ2) is 6.74. The molecule has 2 N–H and O–H groups in total. The molecule has 0 aliphatic heterocycles. The zero-order valence-corrected chi connectivity index (χ0v) is 15.2. The van der Waals surface area contributed by atoms with E-state index in [2.05, 4.69) is 25.9 Å². The lowest BCUT2D eigenvalue weighted by atomic mass is 10.2. The first kappa shape index (κ1) is 16.5. The Morgan fingerprint density at radius 1 is 1.27 bits per heavy atom. The zero-order valence-electron chi connectivity index (χ0n) is 13.6. The lowest BCUT2D eigenvalue weighted by Crippen LogP contribution is -2.29. The third-order valence-electron chi connectivity index (χ3n) is 3.80. The SMILES string of the molecule is Cc1ccc(Cl)cc1-n1ncc2c(NNC(=O)c3cccs3)ncnc21. The Balaban J connectivity index is 1.67. The van der Waals surface area contributed by atoms with Crippen LogP contribution < -0.4 is 10.9 Å². The lowest BCUT2D eigenvalue weighted by molar-refractivity contribution is 0.0966. The fraction of sp³-hybridized carbons (Fsp3) is 0.0588. The normalized spacial score (nSPS) is 10.8. The lowest BCUT2D eigenvalue weighted by Gasteiger charge is -2.09. The zero-order chi connectivity index (χ0) is 18.1. The number of rotatable bonds is 4. The molecule has 3 heterocycles. The predicted molar refractivity (Wildman–Crippen MR) is 102 cm³/mol. The molecule has 0 bridgehead atoms. The number of anilines is 1. The molecule has 0 atom stereocenters. The first-order valence-electron chi connectivity index (χ1n) is 7.68. The molecule has 0 spiro atoms. The van der Waals surface area contributed by atoms with Gasteiger partial charge in [-0.05, 0) is 36.1 Å². The van der Waals surface area contributed by atoms with Crippen LogP contribution in [0.1, 0.15) is 15.2 Å². The first-order chi connectivity index (χ1) is 12.6. The second-order valence-corrected chi connectivity index (χ2v) is 6.89. The Morgan fingerprint density at radius 3 is 2.96 bits per heavy atom. The molecule has 1 amide bonds. The number of hydrazine groups is 1. The molecule has 0 fully saturated rings. The summed E-state index contributed by atoms with van der Waals surface area (Å²) < 4.78 is 1.70. The highest BCUT2D eigenvalue weighted by atomic mass is 35.5. The molecule has 0 unspecified atom stereocenters. The molecule has 26 heavy (non-hydrogen) atoms. The van der Waals surface area contributed by atoms with Gasteiger partial charge in [-0.15, -0.1) is 11.3 Å². The van der Waals surface area contributed by atoms with E-state index in [-0.39, 0.29) is 5.91 Å². The quantitative estimate of drug-likeness (QED) is 0.525. The van der Waals surface area contributed by atoms with Crippen LogP contribution in [0.15, 0.2) is 48.2 Å². The molecular formula is C17H13ClN6OS. The summed E-state index contributed by atoms with van der Waals surface area (Å²) in [4.78, 5) is 21.2. The molecule has 9 heteroatoms. The van der Waals surface area contributed by atoms with Gasteiger partial charge in [0.1, 0.15) is 6.33 Å². The van der Waals surface area contributed by atoms with Gasteiger partial charge >= 0.3 is 0 Å². The van der Waals surface area contributed by atoms with E-state index in [0.29, 0.717) is 26.8 Å². The maximum absolute atomic E-state index is 12.1. The summed E-state index contributed by atoms with van der Waals surface area (Å²) in [5.41, 5.74) is 7.93. The van der Waals surface area contributed by atoms with E-state index >= 15 is 0 Å². The maximum Gasteiger partial charge on any atom is 0.279 e. The molecule has 0 saturated heterocycles. The molecule has 4 aromatic rings. The van der Waals surface area contributed by atoms with Gasteiger partial charge in [-0.2, -0.15) is 5.10 Å². The van der Waals surface area contributed by atoms with Crippen molar-refractivity contribution in [3.8, 4) is 5.69 Å². The van der Waals surface area contributed by atoms with E-state index in [1.54, 1.807) is 16.9 Å². The molecule has 0 radical (unpaired) electrons. The van der Waals surface area contributed by atoms with Gasteiger partial charge in [-0.25, -0.2) is 14.6 Å². The van der Waals surface area contributed by atoms with Crippen LogP contribution >= 0.6 is 22.9 Å². The van der Waals surface area contributed by atoms with E-state index in [9.17, 15) is 4.79 Å². The van der Waals surface area contributed by atoms with Gasteiger partial charge in [-0.1, -0.05) is 23.7 Å². The Morgan fingerprint density at radius 2 is 2.15 bits per heavy atom. The number of fused-ring (bicyclic) bond motifs is 1. The molecule has 0 saturated carbocycles. The number of carbonyl (C=O) groups is 1. The number of nitrogens with one attached hydrogen (secondary N) is 2. The van der Waals surface area contributed by atoms with E-state index < -0.39 is 0 Å². The van der Waals surface area contributed by atoms with Gasteiger partial charge < -0.3 is 0 Å². The summed E-state index contributed by atoms with van der Waals surface area (Å²) in [7, 11) is 0. The summed E-state index contributed by atoms with van der Waals surface area (Å²) in [5, 5.41) is 7.55. The van der Waals surface area contributed by atoms with Gasteiger partial charge in [0.15, 0.2) is 11.5 Å². The highest BCUT2D eigenvalue weighted by Gasteiger charge is 2.14. The van der Waals surface area contributed by atoms with Crippen LogP contribution in [0, 0.1) is 6.92 Å². The van der Waals surface area contributed by atoms with Crippen LogP contribution in [0.25, 0.3) is 16.7 Å². The number of aromatic nitrogens is 4. The number of thiophene rings is 1. The Labute approximate surface area is 157 Å². The number of amides is 1. The highest BCUT2D eigenvalue weighted by molar-refractivity contribution is 7.12. The first-order valence-corrected chi connectivity index (χ1v) is 8.94. The standard InChI is InChI=1S/C17H13ClN6OS/c1-10-4-5-11(18)7-13(10)24-16-12(8-21-24)15(19-9-20-16)22-23-17(25)14-3-2-6-26-14/h2-9H,1H3,(H,23,25)(H,19,20,22). The van der Waals surface area contributed by atoms with Crippen LogP contribution in [-0.4, -0.2) is 25.7 Å². The van der Waals surface area contributed by atoms with Gasteiger partial charge in [0, 0.05) is 5.02 Å². The fourth-order valence-corrected chi connectivity index (χ4v) is 3.30. The summed E-state index contributed by atoms with van der Waals surface area (Å²) in [6.07, 6.45) is 3.06. The monoisotopic (exact) mass is 384 g/mol. The minimum atomic E-state index is -0.232. The molecule has 3 aromatic heterocycles. The van der Waals surface area contributed by atoms with Crippen LogP contribution in [0.2, 0.25) is 5.02 Å². The number of benzene rings is 1. The number of hydrogen-bond donors (Lipinski definition) is 2. The average Bonchev–Trinajstić information content (AvgIpc) is 3.31. The number of aryl methyl sites for hydroxylation is 1. The molecule has 0 aliphatic carbocycles. The summed E-state index contributed by atoms with van der Waals surface area (Å²) in [6.45, 7) is 1.97. The summed E-state index contributed by atoms with van der Waals surface area (Å²) >= 11 is 7.48. The number of nitrogens with zero attached hydrogens (tertiary/aromatic N) is 4. The average molecular weight is 385 g/mol. The minimum absolute atomic E-state index is 0.232. The predicted octanol–water partition coefficient (Wildman–Crippen LogP) is 3.60. The van der Waals surface area contributed by atoms with Crippen molar-refractivity contribution in [2.75, 3.05) is 5.43 Å². The van der Waals surface area contributed by atoms with Crippen molar-refractivity contribution in [1.29, 1.82) is 0 Å². The van der Waals surface area contributed by atoms with E-state index in [4.69, 9.17) is 11.6 Å². The molecule has 4 rings (SSSR count). The Bertz CT molecular complexity index is 1090. The van der Waals surface area contributed by atoms with Crippen molar-refractivity contribution in [1.82, 2.24) is 25.2 Å². The van der Waals surface area contributed by atoms with Gasteiger partial charge in [0.2, 0.25) is 0 Å². The van der Waals surface area contributed by atoms with Crippen LogP contribution in [0.4, 0.5) is 5.82 Å². The molecule has 0 aliphatic rings. The van der Waals surface area contributed by atoms with Gasteiger partial charge in [-0.3, -0.25) is 15.6 Å². The van der Waals surface area contributed by atoms with E-state index in [0.717, 1.165) is 11.3 Å². The van der Waals surface area contributed by atoms with E-state index in [1.807, 2.05) is 36.6 Å². The summed E-state index contributed by atoms with van der Waals surface area (Å²) in [6, 6.07) is 9.15. The van der Waals surface area contributed by atoms with Crippen LogP contribution in [0.5, 0.6) is 0 Å². The largest absolute Gasteiger partial charge is 0.281 e. The summed E-state index contributed by atoms with van der Waals surface area (Å²) in [5.74, 6) is 0.232. The van der Waals surface area contributed by atoms with Crippen molar-refractivity contribution in [2.24, 2.45) is 0 Å². The number of halogens is 1.